The van der Waals surface area contributed by atoms with Crippen molar-refractivity contribution in [3.8, 4) is 0 Å². The number of thiophene rings is 1. The highest BCUT2D eigenvalue weighted by Gasteiger charge is 2.07. The van der Waals surface area contributed by atoms with Crippen LogP contribution in [0.25, 0.3) is 0 Å². The average Bonchev–Trinajstić information content (AvgIpc) is 2.81. The molecule has 92 valence electrons. The van der Waals surface area contributed by atoms with Crippen LogP contribution in [0.3, 0.4) is 0 Å². The Kier molecular flexibility index (Phi) is 3.74. The molecule has 0 bridgehead atoms. The minimum atomic E-state index is -0.892. The van der Waals surface area contributed by atoms with Crippen LogP contribution in [0.4, 0.5) is 5.69 Å². The molecule has 0 saturated carbocycles. The minimum Gasteiger partial charge on any atom is -0.481 e. The molecule has 0 atom stereocenters. The van der Waals surface area contributed by atoms with E-state index < -0.39 is 5.97 Å². The van der Waals surface area contributed by atoms with E-state index in [-0.39, 0.29) is 12.3 Å². The maximum atomic E-state index is 11.8. The van der Waals surface area contributed by atoms with Gasteiger partial charge in [-0.05, 0) is 29.1 Å². The van der Waals surface area contributed by atoms with Crippen LogP contribution in [0.5, 0.6) is 0 Å². The van der Waals surface area contributed by atoms with Gasteiger partial charge in [0.2, 0.25) is 0 Å². The highest BCUT2D eigenvalue weighted by atomic mass is 32.1. The van der Waals surface area contributed by atoms with Crippen molar-refractivity contribution in [1.82, 2.24) is 0 Å². The van der Waals surface area contributed by atoms with Crippen LogP contribution in [0.1, 0.15) is 15.2 Å². The zero-order valence-electron chi connectivity index (χ0n) is 9.42. The molecule has 1 aromatic carbocycles. The quantitative estimate of drug-likeness (QED) is 0.889. The first kappa shape index (κ1) is 12.3. The summed E-state index contributed by atoms with van der Waals surface area (Å²) in [6.45, 7) is 0. The van der Waals surface area contributed by atoms with Gasteiger partial charge in [0.25, 0.3) is 5.91 Å². The van der Waals surface area contributed by atoms with Gasteiger partial charge in [-0.2, -0.15) is 0 Å². The number of benzene rings is 1. The van der Waals surface area contributed by atoms with E-state index in [1.54, 1.807) is 36.4 Å². The summed E-state index contributed by atoms with van der Waals surface area (Å²) in [7, 11) is 0. The number of carboxylic acids is 1. The van der Waals surface area contributed by atoms with Gasteiger partial charge >= 0.3 is 5.97 Å². The molecule has 0 radical (unpaired) electrons. The number of carboxylic acid groups (broad SMARTS) is 1. The second-order valence-corrected chi connectivity index (χ2v) is 4.65. The zero-order valence-corrected chi connectivity index (χ0v) is 10.2. The lowest BCUT2D eigenvalue weighted by atomic mass is 10.1. The van der Waals surface area contributed by atoms with E-state index in [4.69, 9.17) is 5.11 Å². The average molecular weight is 261 g/mol. The first-order valence-corrected chi connectivity index (χ1v) is 6.19. The molecule has 1 heterocycles. The van der Waals surface area contributed by atoms with E-state index in [0.29, 0.717) is 16.1 Å². The van der Waals surface area contributed by atoms with E-state index in [1.165, 1.54) is 11.3 Å². The number of aliphatic carboxylic acids is 1. The third-order valence-corrected chi connectivity index (χ3v) is 3.15. The van der Waals surface area contributed by atoms with Gasteiger partial charge in [0, 0.05) is 5.69 Å². The van der Waals surface area contributed by atoms with E-state index in [2.05, 4.69) is 5.32 Å². The van der Waals surface area contributed by atoms with Gasteiger partial charge < -0.3 is 10.4 Å². The number of amides is 1. The number of carbonyl (C=O) groups excluding carboxylic acids is 1. The van der Waals surface area contributed by atoms with E-state index in [1.807, 2.05) is 5.38 Å². The summed E-state index contributed by atoms with van der Waals surface area (Å²) >= 11 is 1.36. The highest BCUT2D eigenvalue weighted by molar-refractivity contribution is 7.12. The predicted molar refractivity (Wildman–Crippen MR) is 70.1 cm³/mol. The highest BCUT2D eigenvalue weighted by Crippen LogP contribution is 2.15. The Morgan fingerprint density at radius 2 is 2.06 bits per heavy atom. The number of hydrogen-bond donors (Lipinski definition) is 2. The fourth-order valence-corrected chi connectivity index (χ4v) is 2.15. The summed E-state index contributed by atoms with van der Waals surface area (Å²) in [5.74, 6) is -1.07. The zero-order chi connectivity index (χ0) is 13.0. The number of carbonyl (C=O) groups is 2. The largest absolute Gasteiger partial charge is 0.481 e. The van der Waals surface area contributed by atoms with Crippen molar-refractivity contribution < 1.29 is 14.7 Å². The summed E-state index contributed by atoms with van der Waals surface area (Å²) in [6, 6.07) is 10.4. The minimum absolute atomic E-state index is 0.0529. The Bertz CT molecular complexity index is 563. The molecule has 2 N–H and O–H groups in total. The predicted octanol–water partition coefficient (Wildman–Crippen LogP) is 2.63. The molecule has 2 aromatic rings. The molecule has 0 aliphatic carbocycles. The van der Waals surface area contributed by atoms with Gasteiger partial charge in [0.15, 0.2) is 0 Å². The Labute approximate surface area is 108 Å². The number of anilines is 1. The summed E-state index contributed by atoms with van der Waals surface area (Å²) in [4.78, 5) is 23.0. The van der Waals surface area contributed by atoms with Crippen molar-refractivity contribution in [2.24, 2.45) is 0 Å². The molecule has 4 nitrogen and oxygen atoms in total. The van der Waals surface area contributed by atoms with Crippen molar-refractivity contribution in [3.63, 3.8) is 0 Å². The number of rotatable bonds is 4. The van der Waals surface area contributed by atoms with Gasteiger partial charge in [-0.15, -0.1) is 11.3 Å². The van der Waals surface area contributed by atoms with Crippen LogP contribution in [-0.4, -0.2) is 17.0 Å². The van der Waals surface area contributed by atoms with Gasteiger partial charge in [-0.1, -0.05) is 18.2 Å². The molecule has 0 fully saturated rings. The van der Waals surface area contributed by atoms with Gasteiger partial charge in [0.05, 0.1) is 11.3 Å². The number of hydrogen-bond acceptors (Lipinski definition) is 3. The van der Waals surface area contributed by atoms with Crippen molar-refractivity contribution >= 4 is 28.9 Å². The molecule has 0 unspecified atom stereocenters. The molecule has 2 rings (SSSR count). The van der Waals surface area contributed by atoms with Crippen molar-refractivity contribution in [2.45, 2.75) is 6.42 Å². The maximum absolute atomic E-state index is 11.8. The van der Waals surface area contributed by atoms with E-state index in [9.17, 15) is 9.59 Å². The van der Waals surface area contributed by atoms with Crippen LogP contribution in [0.2, 0.25) is 0 Å². The SMILES string of the molecule is O=C(O)Cc1cccc(NC(=O)c2cccs2)c1. The fraction of sp³-hybridized carbons (Fsp3) is 0.0769. The molecule has 1 amide bonds. The van der Waals surface area contributed by atoms with Crippen LogP contribution in [0.15, 0.2) is 41.8 Å². The summed E-state index contributed by atoms with van der Waals surface area (Å²) in [5, 5.41) is 13.3. The molecule has 5 heteroatoms. The van der Waals surface area contributed by atoms with Crippen molar-refractivity contribution in [2.75, 3.05) is 5.32 Å². The lowest BCUT2D eigenvalue weighted by Gasteiger charge is -2.05. The summed E-state index contributed by atoms with van der Waals surface area (Å²) in [6.07, 6.45) is -0.0529. The van der Waals surface area contributed by atoms with Crippen LogP contribution in [-0.2, 0) is 11.2 Å². The normalized spacial score (nSPS) is 10.0. The first-order chi connectivity index (χ1) is 8.65. The molecular weight excluding hydrogens is 250 g/mol. The van der Waals surface area contributed by atoms with Gasteiger partial charge in [-0.25, -0.2) is 0 Å². The molecule has 18 heavy (non-hydrogen) atoms. The molecule has 0 aliphatic rings. The molecule has 0 aliphatic heterocycles. The summed E-state index contributed by atoms with van der Waals surface area (Å²) in [5.41, 5.74) is 1.26. The molecule has 1 aromatic heterocycles. The Morgan fingerprint density at radius 1 is 1.22 bits per heavy atom. The topological polar surface area (TPSA) is 66.4 Å². The monoisotopic (exact) mass is 261 g/mol. The number of nitrogens with one attached hydrogen (secondary N) is 1. The van der Waals surface area contributed by atoms with E-state index >= 15 is 0 Å². The molecule has 0 spiro atoms. The standard InChI is InChI=1S/C13H11NO3S/c15-12(16)8-9-3-1-4-10(7-9)14-13(17)11-5-2-6-18-11/h1-7H,8H2,(H,14,17)(H,15,16). The lowest BCUT2D eigenvalue weighted by molar-refractivity contribution is -0.136. The van der Waals surface area contributed by atoms with Gasteiger partial charge in [0.1, 0.15) is 0 Å². The molecular formula is C13H11NO3S. The van der Waals surface area contributed by atoms with Gasteiger partial charge in [-0.3, -0.25) is 9.59 Å². The van der Waals surface area contributed by atoms with Crippen LogP contribution < -0.4 is 5.32 Å². The Balaban J connectivity index is 2.10. The third-order valence-electron chi connectivity index (χ3n) is 2.29. The second kappa shape index (κ2) is 5.46. The second-order valence-electron chi connectivity index (χ2n) is 3.70. The van der Waals surface area contributed by atoms with Crippen LogP contribution >= 0.6 is 11.3 Å². The smallest absolute Gasteiger partial charge is 0.307 e. The molecule has 0 saturated heterocycles. The van der Waals surface area contributed by atoms with Crippen molar-refractivity contribution in [1.29, 1.82) is 0 Å². The third kappa shape index (κ3) is 3.18. The van der Waals surface area contributed by atoms with E-state index in [0.717, 1.165) is 0 Å². The summed E-state index contributed by atoms with van der Waals surface area (Å²) < 4.78 is 0. The van der Waals surface area contributed by atoms with Crippen LogP contribution in [0, 0.1) is 0 Å². The maximum Gasteiger partial charge on any atom is 0.307 e. The Hall–Kier alpha value is -2.14. The Morgan fingerprint density at radius 3 is 2.72 bits per heavy atom. The fourth-order valence-electron chi connectivity index (χ4n) is 1.53. The van der Waals surface area contributed by atoms with Crippen molar-refractivity contribution in [3.05, 3.63) is 52.2 Å². The lowest BCUT2D eigenvalue weighted by Crippen LogP contribution is -2.10. The first-order valence-electron chi connectivity index (χ1n) is 5.31.